The van der Waals surface area contributed by atoms with Crippen LogP contribution in [0.5, 0.6) is 5.75 Å². The Morgan fingerprint density at radius 1 is 1.40 bits per heavy atom. The first-order chi connectivity index (χ1) is 9.28. The van der Waals surface area contributed by atoms with Gasteiger partial charge in [0.2, 0.25) is 0 Å². The summed E-state index contributed by atoms with van der Waals surface area (Å²) in [4.78, 5) is 11.9. The average molecular weight is 280 g/mol. The first-order valence-corrected chi connectivity index (χ1v) is 6.61. The number of carbonyl (C=O) groups is 1. The maximum absolute atomic E-state index is 11.9. The molecule has 1 unspecified atom stereocenters. The van der Waals surface area contributed by atoms with E-state index in [0.717, 1.165) is 11.1 Å². The Balaban J connectivity index is 2.94. The van der Waals surface area contributed by atoms with E-state index in [9.17, 15) is 4.79 Å². The minimum atomic E-state index is -0.543. The van der Waals surface area contributed by atoms with Gasteiger partial charge in [-0.05, 0) is 39.3 Å². The van der Waals surface area contributed by atoms with E-state index < -0.39 is 11.7 Å². The summed E-state index contributed by atoms with van der Waals surface area (Å²) in [7, 11) is 1.60. The summed E-state index contributed by atoms with van der Waals surface area (Å²) in [6.45, 7) is 7.67. The van der Waals surface area contributed by atoms with Crippen molar-refractivity contribution in [2.45, 2.75) is 39.3 Å². The molecule has 0 saturated heterocycles. The zero-order valence-corrected chi connectivity index (χ0v) is 12.8. The fraction of sp³-hybridized carbons (Fsp3) is 0.533. The normalized spacial score (nSPS) is 12.7. The molecule has 0 spiro atoms. The highest BCUT2D eigenvalue weighted by atomic mass is 16.6. The highest BCUT2D eigenvalue weighted by Crippen LogP contribution is 2.28. The van der Waals surface area contributed by atoms with Crippen molar-refractivity contribution in [2.75, 3.05) is 13.7 Å². The summed E-state index contributed by atoms with van der Waals surface area (Å²) < 4.78 is 10.6. The second kappa shape index (κ2) is 6.61. The topological polar surface area (TPSA) is 73.6 Å². The van der Waals surface area contributed by atoms with Gasteiger partial charge in [-0.1, -0.05) is 12.1 Å². The number of methoxy groups -OCH3 is 1. The highest BCUT2D eigenvalue weighted by Gasteiger charge is 2.22. The monoisotopic (exact) mass is 280 g/mol. The molecule has 1 amide bonds. The lowest BCUT2D eigenvalue weighted by molar-refractivity contribution is 0.0504. The third-order valence-corrected chi connectivity index (χ3v) is 2.78. The van der Waals surface area contributed by atoms with Crippen LogP contribution in [0.3, 0.4) is 0 Å². The van der Waals surface area contributed by atoms with Crippen LogP contribution in [0.2, 0.25) is 0 Å². The second-order valence-electron chi connectivity index (χ2n) is 5.63. The van der Waals surface area contributed by atoms with Gasteiger partial charge in [-0.2, -0.15) is 0 Å². The predicted molar refractivity (Wildman–Crippen MR) is 78.9 cm³/mol. The lowest BCUT2D eigenvalue weighted by Crippen LogP contribution is -2.38. The van der Waals surface area contributed by atoms with E-state index in [4.69, 9.17) is 15.2 Å². The summed E-state index contributed by atoms with van der Waals surface area (Å²) in [5, 5.41) is 2.79. The molecule has 0 heterocycles. The van der Waals surface area contributed by atoms with Crippen LogP contribution in [0.25, 0.3) is 0 Å². The Hall–Kier alpha value is -1.75. The van der Waals surface area contributed by atoms with Gasteiger partial charge in [0, 0.05) is 12.1 Å². The Morgan fingerprint density at radius 2 is 2.05 bits per heavy atom. The van der Waals surface area contributed by atoms with Crippen molar-refractivity contribution in [1.29, 1.82) is 0 Å². The van der Waals surface area contributed by atoms with Crippen molar-refractivity contribution < 1.29 is 14.3 Å². The minimum Gasteiger partial charge on any atom is -0.496 e. The fourth-order valence-corrected chi connectivity index (χ4v) is 1.98. The molecule has 0 radical (unpaired) electrons. The standard InChI is InChI=1S/C15H24N2O3/c1-10-7-6-8-12(19-5)13(10)11(9-16)17-14(18)20-15(2,3)4/h6-8,11H,9,16H2,1-5H3,(H,17,18). The summed E-state index contributed by atoms with van der Waals surface area (Å²) in [5.74, 6) is 0.705. The van der Waals surface area contributed by atoms with Gasteiger partial charge in [-0.3, -0.25) is 0 Å². The van der Waals surface area contributed by atoms with Crippen molar-refractivity contribution in [1.82, 2.24) is 5.32 Å². The van der Waals surface area contributed by atoms with Gasteiger partial charge in [0.1, 0.15) is 11.4 Å². The zero-order chi connectivity index (χ0) is 15.3. The predicted octanol–water partition coefficient (Wildman–Crippen LogP) is 2.53. The van der Waals surface area contributed by atoms with Crippen LogP contribution in [0, 0.1) is 6.92 Å². The molecule has 0 saturated carbocycles. The number of rotatable bonds is 4. The van der Waals surface area contributed by atoms with Gasteiger partial charge in [0.05, 0.1) is 13.2 Å². The number of hydrogen-bond donors (Lipinski definition) is 2. The van der Waals surface area contributed by atoms with E-state index in [0.29, 0.717) is 5.75 Å². The van der Waals surface area contributed by atoms with Crippen molar-refractivity contribution in [3.05, 3.63) is 29.3 Å². The van der Waals surface area contributed by atoms with Crippen LogP contribution < -0.4 is 15.8 Å². The van der Waals surface area contributed by atoms with E-state index in [1.54, 1.807) is 7.11 Å². The molecule has 1 rings (SSSR count). The van der Waals surface area contributed by atoms with Gasteiger partial charge in [0.25, 0.3) is 0 Å². The number of carbonyl (C=O) groups excluding carboxylic acids is 1. The van der Waals surface area contributed by atoms with Gasteiger partial charge in [0.15, 0.2) is 0 Å². The number of hydrogen-bond acceptors (Lipinski definition) is 4. The molecule has 1 aromatic rings. The Bertz CT molecular complexity index is 467. The van der Waals surface area contributed by atoms with Gasteiger partial charge in [-0.15, -0.1) is 0 Å². The molecule has 112 valence electrons. The summed E-state index contributed by atoms with van der Waals surface area (Å²) in [6, 6.07) is 5.36. The second-order valence-corrected chi connectivity index (χ2v) is 5.63. The van der Waals surface area contributed by atoms with Crippen LogP contribution >= 0.6 is 0 Å². The van der Waals surface area contributed by atoms with E-state index in [-0.39, 0.29) is 12.6 Å². The molecule has 0 aromatic heterocycles. The first-order valence-electron chi connectivity index (χ1n) is 6.61. The largest absolute Gasteiger partial charge is 0.496 e. The SMILES string of the molecule is COc1cccc(C)c1C(CN)NC(=O)OC(C)(C)C. The number of amides is 1. The van der Waals surface area contributed by atoms with Crippen LogP contribution in [0.4, 0.5) is 4.79 Å². The van der Waals surface area contributed by atoms with Gasteiger partial charge < -0.3 is 20.5 Å². The van der Waals surface area contributed by atoms with Gasteiger partial charge in [-0.25, -0.2) is 4.79 Å². The molecule has 0 fully saturated rings. The molecule has 0 aliphatic carbocycles. The third kappa shape index (κ3) is 4.42. The molecule has 0 aliphatic heterocycles. The fourth-order valence-electron chi connectivity index (χ4n) is 1.98. The quantitative estimate of drug-likeness (QED) is 0.889. The van der Waals surface area contributed by atoms with Crippen molar-refractivity contribution >= 4 is 6.09 Å². The smallest absolute Gasteiger partial charge is 0.408 e. The van der Waals surface area contributed by atoms with Crippen LogP contribution in [0.15, 0.2) is 18.2 Å². The molecule has 20 heavy (non-hydrogen) atoms. The maximum Gasteiger partial charge on any atom is 0.408 e. The first kappa shape index (κ1) is 16.3. The third-order valence-electron chi connectivity index (χ3n) is 2.78. The Kier molecular flexibility index (Phi) is 5.39. The van der Waals surface area contributed by atoms with Crippen molar-refractivity contribution in [3.8, 4) is 5.75 Å². The highest BCUT2D eigenvalue weighted by molar-refractivity contribution is 5.69. The number of ether oxygens (including phenoxy) is 2. The van der Waals surface area contributed by atoms with Gasteiger partial charge >= 0.3 is 6.09 Å². The van der Waals surface area contributed by atoms with Crippen LogP contribution in [0.1, 0.15) is 37.9 Å². The number of alkyl carbamates (subject to hydrolysis) is 1. The molecule has 5 heteroatoms. The molecule has 5 nitrogen and oxygen atoms in total. The number of nitrogens with one attached hydrogen (secondary N) is 1. The number of aryl methyl sites for hydroxylation is 1. The van der Waals surface area contributed by atoms with E-state index in [1.165, 1.54) is 0 Å². The molecule has 1 atom stereocenters. The van der Waals surface area contributed by atoms with Crippen molar-refractivity contribution in [2.24, 2.45) is 5.73 Å². The minimum absolute atomic E-state index is 0.264. The Morgan fingerprint density at radius 3 is 2.55 bits per heavy atom. The molecule has 1 aromatic carbocycles. The lowest BCUT2D eigenvalue weighted by Gasteiger charge is -2.25. The Labute approximate surface area is 120 Å². The number of nitrogens with two attached hydrogens (primary N) is 1. The van der Waals surface area contributed by atoms with E-state index in [1.807, 2.05) is 45.9 Å². The molecular weight excluding hydrogens is 256 g/mol. The molecular formula is C15H24N2O3. The van der Waals surface area contributed by atoms with Crippen LogP contribution in [-0.4, -0.2) is 25.3 Å². The lowest BCUT2D eigenvalue weighted by atomic mass is 10.00. The molecule has 0 bridgehead atoms. The number of benzene rings is 1. The average Bonchev–Trinajstić information content (AvgIpc) is 2.33. The summed E-state index contributed by atoms with van der Waals surface area (Å²) in [5.41, 5.74) is 7.13. The van der Waals surface area contributed by atoms with Crippen molar-refractivity contribution in [3.63, 3.8) is 0 Å². The maximum atomic E-state index is 11.9. The van der Waals surface area contributed by atoms with E-state index >= 15 is 0 Å². The summed E-state index contributed by atoms with van der Waals surface area (Å²) in [6.07, 6.45) is -0.488. The summed E-state index contributed by atoms with van der Waals surface area (Å²) >= 11 is 0. The van der Waals surface area contributed by atoms with E-state index in [2.05, 4.69) is 5.32 Å². The zero-order valence-electron chi connectivity index (χ0n) is 12.8. The van der Waals surface area contributed by atoms with Crippen LogP contribution in [-0.2, 0) is 4.74 Å². The molecule has 3 N–H and O–H groups in total. The molecule has 0 aliphatic rings.